The average Bonchev–Trinajstić information content (AvgIpc) is 2.81. The maximum Gasteiger partial charge on any atom is 0.251 e. The number of carbonyl (C=O) groups is 1. The van der Waals surface area contributed by atoms with E-state index in [4.69, 9.17) is 4.74 Å². The van der Waals surface area contributed by atoms with E-state index in [1.165, 1.54) is 5.56 Å². The average molecular weight is 427 g/mol. The highest BCUT2D eigenvalue weighted by Crippen LogP contribution is 2.25. The molecule has 4 heteroatoms. The van der Waals surface area contributed by atoms with E-state index in [0.29, 0.717) is 24.6 Å². The number of rotatable bonds is 7. The summed E-state index contributed by atoms with van der Waals surface area (Å²) in [5.41, 5.74) is 4.74. The third-order valence-corrected chi connectivity index (χ3v) is 5.07. The molecule has 0 bridgehead atoms. The Kier molecular flexibility index (Phi) is 7.94. The summed E-state index contributed by atoms with van der Waals surface area (Å²) >= 11 is 0. The van der Waals surface area contributed by atoms with Crippen LogP contribution in [0.5, 0.6) is 5.75 Å². The second kappa shape index (κ2) is 11.1. The summed E-state index contributed by atoms with van der Waals surface area (Å²) in [6.07, 6.45) is 0. The maximum absolute atomic E-state index is 12.4. The summed E-state index contributed by atoms with van der Waals surface area (Å²) < 4.78 is 5.86. The van der Waals surface area contributed by atoms with Gasteiger partial charge < -0.3 is 15.0 Å². The van der Waals surface area contributed by atoms with Crippen molar-refractivity contribution in [3.8, 4) is 17.6 Å². The van der Waals surface area contributed by atoms with Crippen LogP contribution in [-0.4, -0.2) is 33.2 Å². The number of hydrogen-bond donors (Lipinski definition) is 1. The molecule has 32 heavy (non-hydrogen) atoms. The van der Waals surface area contributed by atoms with Crippen LogP contribution in [0.4, 0.5) is 5.69 Å². The van der Waals surface area contributed by atoms with Crippen molar-refractivity contribution in [3.63, 3.8) is 0 Å². The number of carbonyl (C=O) groups excluding carboxylic acids is 1. The zero-order valence-corrected chi connectivity index (χ0v) is 19.2. The predicted octanol–water partition coefficient (Wildman–Crippen LogP) is 5.08. The van der Waals surface area contributed by atoms with Crippen LogP contribution in [0, 0.1) is 11.8 Å². The molecule has 3 aromatic rings. The van der Waals surface area contributed by atoms with Crippen molar-refractivity contribution in [1.82, 2.24) is 5.32 Å². The van der Waals surface area contributed by atoms with Gasteiger partial charge in [-0.15, -0.1) is 0 Å². The number of ether oxygens (including phenoxy) is 1. The Morgan fingerprint density at radius 3 is 2.09 bits per heavy atom. The minimum absolute atomic E-state index is 0.121. The second-order valence-corrected chi connectivity index (χ2v) is 8.07. The molecule has 0 aromatic heterocycles. The Morgan fingerprint density at radius 1 is 0.906 bits per heavy atom. The van der Waals surface area contributed by atoms with Gasteiger partial charge in [0.05, 0.1) is 6.54 Å². The number of benzene rings is 3. The third kappa shape index (κ3) is 6.39. The molecule has 0 spiro atoms. The van der Waals surface area contributed by atoms with E-state index in [0.717, 1.165) is 22.6 Å². The predicted molar refractivity (Wildman–Crippen MR) is 132 cm³/mol. The number of nitrogens with one attached hydrogen (secondary N) is 1. The highest BCUT2D eigenvalue weighted by atomic mass is 16.5. The molecule has 0 aliphatic carbocycles. The number of para-hydroxylation sites is 1. The van der Waals surface area contributed by atoms with E-state index in [1.54, 1.807) is 12.1 Å². The first-order chi connectivity index (χ1) is 15.4. The fourth-order valence-electron chi connectivity index (χ4n) is 3.21. The number of nitrogens with zero attached hydrogens (tertiary/aromatic N) is 1. The monoisotopic (exact) mass is 426 g/mol. The molecule has 0 aliphatic rings. The minimum Gasteiger partial charge on any atom is -0.491 e. The summed E-state index contributed by atoms with van der Waals surface area (Å²) in [7, 11) is 4.02. The van der Waals surface area contributed by atoms with E-state index in [-0.39, 0.29) is 5.91 Å². The first-order valence-corrected chi connectivity index (χ1v) is 10.8. The Hall–Kier alpha value is -3.71. The molecule has 0 saturated heterocycles. The van der Waals surface area contributed by atoms with Crippen LogP contribution >= 0.6 is 0 Å². The number of hydrogen-bond acceptors (Lipinski definition) is 3. The van der Waals surface area contributed by atoms with Gasteiger partial charge in [0.25, 0.3) is 5.91 Å². The van der Waals surface area contributed by atoms with Gasteiger partial charge in [-0.3, -0.25) is 4.79 Å². The van der Waals surface area contributed by atoms with Gasteiger partial charge in [-0.2, -0.15) is 0 Å². The molecular weight excluding hydrogens is 396 g/mol. The van der Waals surface area contributed by atoms with Crippen molar-refractivity contribution in [2.75, 3.05) is 32.1 Å². The molecule has 0 radical (unpaired) electrons. The quantitative estimate of drug-likeness (QED) is 0.423. The van der Waals surface area contributed by atoms with Gasteiger partial charge in [-0.1, -0.05) is 43.9 Å². The zero-order chi connectivity index (χ0) is 22.9. The van der Waals surface area contributed by atoms with Crippen molar-refractivity contribution in [1.29, 1.82) is 0 Å². The molecule has 164 valence electrons. The van der Waals surface area contributed by atoms with Gasteiger partial charge in [-0.25, -0.2) is 0 Å². The summed E-state index contributed by atoms with van der Waals surface area (Å²) in [6.45, 7) is 5.14. The van der Waals surface area contributed by atoms with Crippen LogP contribution < -0.4 is 15.0 Å². The van der Waals surface area contributed by atoms with Crippen molar-refractivity contribution in [3.05, 3.63) is 95.1 Å². The fourth-order valence-corrected chi connectivity index (χ4v) is 3.21. The van der Waals surface area contributed by atoms with Gasteiger partial charge in [0.1, 0.15) is 12.4 Å². The lowest BCUT2D eigenvalue weighted by atomic mass is 10.0. The summed E-state index contributed by atoms with van der Waals surface area (Å²) in [4.78, 5) is 14.5. The lowest BCUT2D eigenvalue weighted by Gasteiger charge is -2.14. The van der Waals surface area contributed by atoms with Gasteiger partial charge in [0.15, 0.2) is 0 Å². The Morgan fingerprint density at radius 2 is 1.50 bits per heavy atom. The molecule has 1 N–H and O–H groups in total. The van der Waals surface area contributed by atoms with E-state index >= 15 is 0 Å². The highest BCUT2D eigenvalue weighted by molar-refractivity contribution is 5.94. The molecule has 4 nitrogen and oxygen atoms in total. The van der Waals surface area contributed by atoms with Crippen molar-refractivity contribution in [2.24, 2.45) is 0 Å². The van der Waals surface area contributed by atoms with Gasteiger partial charge in [-0.05, 0) is 66.1 Å². The van der Waals surface area contributed by atoms with Crippen LogP contribution in [0.3, 0.4) is 0 Å². The first-order valence-electron chi connectivity index (χ1n) is 10.8. The second-order valence-electron chi connectivity index (χ2n) is 8.07. The molecule has 0 aliphatic heterocycles. The fraction of sp³-hybridized carbons (Fsp3) is 0.250. The van der Waals surface area contributed by atoms with Crippen LogP contribution in [0.25, 0.3) is 0 Å². The summed E-state index contributed by atoms with van der Waals surface area (Å²) in [6, 6.07) is 23.4. The van der Waals surface area contributed by atoms with Crippen molar-refractivity contribution < 1.29 is 9.53 Å². The normalized spacial score (nSPS) is 10.3. The molecule has 0 heterocycles. The van der Waals surface area contributed by atoms with E-state index < -0.39 is 0 Å². The van der Waals surface area contributed by atoms with E-state index in [1.807, 2.05) is 68.7 Å². The van der Waals surface area contributed by atoms with Crippen molar-refractivity contribution >= 4 is 11.6 Å². The molecule has 3 aromatic carbocycles. The molecule has 1 amide bonds. The molecule has 0 fully saturated rings. The number of anilines is 1. The minimum atomic E-state index is -0.121. The topological polar surface area (TPSA) is 41.6 Å². The van der Waals surface area contributed by atoms with Crippen molar-refractivity contribution in [2.45, 2.75) is 19.8 Å². The first kappa shape index (κ1) is 23.0. The van der Waals surface area contributed by atoms with Gasteiger partial charge in [0.2, 0.25) is 0 Å². The van der Waals surface area contributed by atoms with Crippen LogP contribution in [-0.2, 0) is 0 Å². The molecule has 0 atom stereocenters. The largest absolute Gasteiger partial charge is 0.491 e. The molecular formula is C28H30N2O2. The molecule has 0 unspecified atom stereocenters. The van der Waals surface area contributed by atoms with Gasteiger partial charge >= 0.3 is 0 Å². The molecule has 3 rings (SSSR count). The van der Waals surface area contributed by atoms with E-state index in [9.17, 15) is 4.79 Å². The lowest BCUT2D eigenvalue weighted by Crippen LogP contribution is -2.28. The summed E-state index contributed by atoms with van der Waals surface area (Å²) in [5.74, 6) is 7.44. The zero-order valence-electron chi connectivity index (χ0n) is 19.2. The number of amides is 1. The van der Waals surface area contributed by atoms with E-state index in [2.05, 4.69) is 42.0 Å². The maximum atomic E-state index is 12.4. The molecule has 0 saturated carbocycles. The standard InChI is InChI=1S/C28H30N2O2/c1-21(2)26-7-5-6-8-27(26)32-20-19-29-28(31)24-15-11-22(12-16-24)9-10-23-13-17-25(18-14-23)30(3)4/h5-8,11-18,21H,19-20H2,1-4H3,(H,29,31). The third-order valence-electron chi connectivity index (χ3n) is 5.07. The summed E-state index contributed by atoms with van der Waals surface area (Å²) in [5, 5.41) is 2.91. The SMILES string of the molecule is CC(C)c1ccccc1OCCNC(=O)c1ccc(C#Cc2ccc(N(C)C)cc2)cc1. The Bertz CT molecular complexity index is 1090. The van der Waals surface area contributed by atoms with Crippen LogP contribution in [0.1, 0.15) is 46.8 Å². The van der Waals surface area contributed by atoms with Crippen LogP contribution in [0.2, 0.25) is 0 Å². The lowest BCUT2D eigenvalue weighted by molar-refractivity contribution is 0.0947. The van der Waals surface area contributed by atoms with Crippen LogP contribution in [0.15, 0.2) is 72.8 Å². The van der Waals surface area contributed by atoms with Gasteiger partial charge in [0, 0.05) is 36.5 Å². The Balaban J connectivity index is 1.50. The highest BCUT2D eigenvalue weighted by Gasteiger charge is 2.08. The Labute approximate surface area is 191 Å². The smallest absolute Gasteiger partial charge is 0.251 e.